The highest BCUT2D eigenvalue weighted by atomic mass is 32.2. The van der Waals surface area contributed by atoms with Crippen LogP contribution >= 0.6 is 0 Å². The molecule has 1 N–H and O–H groups in total. The van der Waals surface area contributed by atoms with Gasteiger partial charge in [-0.2, -0.15) is 0 Å². The minimum Gasteiger partial charge on any atom is -0.352 e. The van der Waals surface area contributed by atoms with Gasteiger partial charge >= 0.3 is 0 Å². The number of aryl methyl sites for hydroxylation is 1. The summed E-state index contributed by atoms with van der Waals surface area (Å²) < 4.78 is 35.9. The Kier molecular flexibility index (Phi) is 4.75. The second kappa shape index (κ2) is 6.35. The van der Waals surface area contributed by atoms with Crippen molar-refractivity contribution in [3.05, 3.63) is 35.6 Å². The summed E-state index contributed by atoms with van der Waals surface area (Å²) >= 11 is 0. The number of hydrogen-bond donors (Lipinski definition) is 1. The van der Waals surface area contributed by atoms with E-state index in [1.807, 2.05) is 0 Å². The minimum absolute atomic E-state index is 0.0265. The van der Waals surface area contributed by atoms with Crippen LogP contribution in [0.5, 0.6) is 0 Å². The number of amides is 1. The Labute approximate surface area is 118 Å². The fourth-order valence-corrected chi connectivity index (χ4v) is 4.02. The summed E-state index contributed by atoms with van der Waals surface area (Å²) in [5.41, 5.74) is 0.761. The summed E-state index contributed by atoms with van der Waals surface area (Å²) in [7, 11) is -3.01. The lowest BCUT2D eigenvalue weighted by Crippen LogP contribution is -2.43. The third kappa shape index (κ3) is 4.59. The molecule has 1 aromatic rings. The number of sulfone groups is 1. The zero-order chi connectivity index (χ0) is 14.6. The lowest BCUT2D eigenvalue weighted by Gasteiger charge is -2.23. The van der Waals surface area contributed by atoms with Crippen LogP contribution in [0.2, 0.25) is 0 Å². The van der Waals surface area contributed by atoms with Crippen molar-refractivity contribution >= 4 is 15.7 Å². The standard InChI is InChI=1S/C14H18FNO3S/c15-12-4-1-3-11(9-12)6-7-14(17)16-13-5-2-8-20(18,19)10-13/h1,3-4,9,13H,2,5-8,10H2,(H,16,17). The Balaban J connectivity index is 1.81. The van der Waals surface area contributed by atoms with E-state index in [1.54, 1.807) is 12.1 Å². The molecule has 1 aliphatic heterocycles. The average molecular weight is 299 g/mol. The van der Waals surface area contributed by atoms with Crippen LogP contribution in [0.15, 0.2) is 24.3 Å². The maximum atomic E-state index is 13.0. The third-order valence-corrected chi connectivity index (χ3v) is 5.18. The summed E-state index contributed by atoms with van der Waals surface area (Å²) in [5, 5.41) is 2.75. The first-order chi connectivity index (χ1) is 9.44. The molecule has 0 bridgehead atoms. The van der Waals surface area contributed by atoms with Gasteiger partial charge in [0, 0.05) is 12.5 Å². The molecular formula is C14H18FNO3S. The van der Waals surface area contributed by atoms with Crippen molar-refractivity contribution in [2.75, 3.05) is 11.5 Å². The van der Waals surface area contributed by atoms with Crippen molar-refractivity contribution < 1.29 is 17.6 Å². The Bertz CT molecular complexity index is 586. The van der Waals surface area contributed by atoms with Crippen LogP contribution < -0.4 is 5.32 Å². The molecule has 1 unspecified atom stereocenters. The molecule has 1 amide bonds. The van der Waals surface area contributed by atoms with Crippen LogP contribution in [0.25, 0.3) is 0 Å². The largest absolute Gasteiger partial charge is 0.352 e. The van der Waals surface area contributed by atoms with Gasteiger partial charge in [-0.3, -0.25) is 4.79 Å². The van der Waals surface area contributed by atoms with Gasteiger partial charge in [-0.25, -0.2) is 12.8 Å². The van der Waals surface area contributed by atoms with E-state index in [9.17, 15) is 17.6 Å². The van der Waals surface area contributed by atoms with E-state index in [2.05, 4.69) is 5.32 Å². The predicted octanol–water partition coefficient (Wildman–Crippen LogP) is 1.45. The molecule has 2 rings (SSSR count). The molecule has 0 aromatic heterocycles. The van der Waals surface area contributed by atoms with E-state index in [0.29, 0.717) is 19.3 Å². The molecule has 0 aliphatic carbocycles. The number of halogens is 1. The predicted molar refractivity (Wildman–Crippen MR) is 74.5 cm³/mol. The Hall–Kier alpha value is -1.43. The minimum atomic E-state index is -3.01. The molecule has 0 spiro atoms. The highest BCUT2D eigenvalue weighted by Gasteiger charge is 2.25. The van der Waals surface area contributed by atoms with Crippen molar-refractivity contribution in [3.63, 3.8) is 0 Å². The van der Waals surface area contributed by atoms with Gasteiger partial charge in [-0.15, -0.1) is 0 Å². The number of rotatable bonds is 4. The van der Waals surface area contributed by atoms with Gasteiger partial charge in [-0.05, 0) is 37.0 Å². The van der Waals surface area contributed by atoms with Gasteiger partial charge in [-0.1, -0.05) is 12.1 Å². The van der Waals surface area contributed by atoms with E-state index >= 15 is 0 Å². The van der Waals surface area contributed by atoms with Crippen molar-refractivity contribution in [1.29, 1.82) is 0 Å². The monoisotopic (exact) mass is 299 g/mol. The highest BCUT2D eigenvalue weighted by molar-refractivity contribution is 7.91. The molecule has 0 radical (unpaired) electrons. The van der Waals surface area contributed by atoms with Gasteiger partial charge in [0.1, 0.15) is 5.82 Å². The maximum absolute atomic E-state index is 13.0. The van der Waals surface area contributed by atoms with Crippen LogP contribution in [0.1, 0.15) is 24.8 Å². The topological polar surface area (TPSA) is 63.2 Å². The fraction of sp³-hybridized carbons (Fsp3) is 0.500. The van der Waals surface area contributed by atoms with Gasteiger partial charge in [0.15, 0.2) is 9.84 Å². The zero-order valence-corrected chi connectivity index (χ0v) is 12.0. The number of nitrogens with one attached hydrogen (secondary N) is 1. The first kappa shape index (κ1) is 15.0. The highest BCUT2D eigenvalue weighted by Crippen LogP contribution is 2.12. The molecule has 0 saturated carbocycles. The quantitative estimate of drug-likeness (QED) is 0.915. The van der Waals surface area contributed by atoms with Gasteiger partial charge in [0.25, 0.3) is 0 Å². The average Bonchev–Trinajstić information content (AvgIpc) is 2.35. The smallest absolute Gasteiger partial charge is 0.220 e. The Morgan fingerprint density at radius 3 is 2.90 bits per heavy atom. The van der Waals surface area contributed by atoms with Crippen LogP contribution in [0.3, 0.4) is 0 Å². The first-order valence-electron chi connectivity index (χ1n) is 6.69. The maximum Gasteiger partial charge on any atom is 0.220 e. The van der Waals surface area contributed by atoms with E-state index in [1.165, 1.54) is 12.1 Å². The van der Waals surface area contributed by atoms with Crippen molar-refractivity contribution in [3.8, 4) is 0 Å². The normalized spacial score (nSPS) is 21.4. The molecule has 4 nitrogen and oxygen atoms in total. The Morgan fingerprint density at radius 2 is 2.20 bits per heavy atom. The van der Waals surface area contributed by atoms with Crippen LogP contribution in [0.4, 0.5) is 4.39 Å². The van der Waals surface area contributed by atoms with Crippen molar-refractivity contribution in [1.82, 2.24) is 5.32 Å². The Morgan fingerprint density at radius 1 is 1.40 bits per heavy atom. The molecule has 1 fully saturated rings. The van der Waals surface area contributed by atoms with E-state index < -0.39 is 9.84 Å². The second-order valence-electron chi connectivity index (χ2n) is 5.15. The van der Waals surface area contributed by atoms with Crippen LogP contribution in [-0.4, -0.2) is 31.9 Å². The van der Waals surface area contributed by atoms with E-state index in [4.69, 9.17) is 0 Å². The molecule has 1 aromatic carbocycles. The molecule has 1 heterocycles. The van der Waals surface area contributed by atoms with Crippen LogP contribution in [0, 0.1) is 5.82 Å². The zero-order valence-electron chi connectivity index (χ0n) is 11.1. The number of carbonyl (C=O) groups excluding carboxylic acids is 1. The second-order valence-corrected chi connectivity index (χ2v) is 7.38. The van der Waals surface area contributed by atoms with Crippen LogP contribution in [-0.2, 0) is 21.1 Å². The van der Waals surface area contributed by atoms with Crippen molar-refractivity contribution in [2.45, 2.75) is 31.7 Å². The number of benzene rings is 1. The summed E-state index contributed by atoms with van der Waals surface area (Å²) in [4.78, 5) is 11.8. The fourth-order valence-electron chi connectivity index (χ4n) is 2.39. The summed E-state index contributed by atoms with van der Waals surface area (Å²) in [5.74, 6) is -0.265. The molecule has 1 atom stereocenters. The summed E-state index contributed by atoms with van der Waals surface area (Å²) in [6, 6.07) is 5.85. The van der Waals surface area contributed by atoms with Gasteiger partial charge in [0.05, 0.1) is 11.5 Å². The molecule has 20 heavy (non-hydrogen) atoms. The van der Waals surface area contributed by atoms with Gasteiger partial charge in [0.2, 0.25) is 5.91 Å². The van der Waals surface area contributed by atoms with E-state index in [-0.39, 0.29) is 35.7 Å². The summed E-state index contributed by atoms with van der Waals surface area (Å²) in [6.45, 7) is 0. The molecule has 6 heteroatoms. The SMILES string of the molecule is O=C(CCc1cccc(F)c1)NC1CCCS(=O)(=O)C1. The van der Waals surface area contributed by atoms with Crippen molar-refractivity contribution in [2.24, 2.45) is 0 Å². The van der Waals surface area contributed by atoms with E-state index in [0.717, 1.165) is 5.56 Å². The molecule has 1 aliphatic rings. The first-order valence-corrected chi connectivity index (χ1v) is 8.51. The number of carbonyl (C=O) groups is 1. The molecule has 1 saturated heterocycles. The summed E-state index contributed by atoms with van der Waals surface area (Å²) in [6.07, 6.45) is 1.98. The lowest BCUT2D eigenvalue weighted by molar-refractivity contribution is -0.121. The van der Waals surface area contributed by atoms with Gasteiger partial charge < -0.3 is 5.32 Å². The molecule has 110 valence electrons. The lowest BCUT2D eigenvalue weighted by atomic mass is 10.1. The third-order valence-electron chi connectivity index (χ3n) is 3.36. The number of hydrogen-bond acceptors (Lipinski definition) is 3. The molecular weight excluding hydrogens is 281 g/mol.